The molecular weight excluding hydrogens is 366 g/mol. The highest BCUT2D eigenvalue weighted by Gasteiger charge is 2.30. The third kappa shape index (κ3) is 3.67. The van der Waals surface area contributed by atoms with Gasteiger partial charge in [0.2, 0.25) is 11.6 Å². The number of hydrogen-bond acceptors (Lipinski definition) is 4. The van der Waals surface area contributed by atoms with Crippen LogP contribution >= 0.6 is 0 Å². The van der Waals surface area contributed by atoms with Gasteiger partial charge in [0.15, 0.2) is 0 Å². The molecule has 0 aliphatic carbocycles. The Hall–Kier alpha value is -2.84. The van der Waals surface area contributed by atoms with Crippen molar-refractivity contribution in [2.45, 2.75) is 6.92 Å². The van der Waals surface area contributed by atoms with Crippen LogP contribution in [-0.2, 0) is 0 Å². The van der Waals surface area contributed by atoms with Crippen molar-refractivity contribution >= 4 is 11.6 Å². The Morgan fingerprint density at radius 3 is 2.22 bits per heavy atom. The summed E-state index contributed by atoms with van der Waals surface area (Å²) < 4.78 is 59.9. The van der Waals surface area contributed by atoms with Crippen molar-refractivity contribution in [3.05, 3.63) is 53.4 Å². The lowest BCUT2D eigenvalue weighted by Gasteiger charge is -2.36. The average molecular weight is 383 g/mol. The van der Waals surface area contributed by atoms with Gasteiger partial charge in [-0.05, 0) is 19.1 Å². The maximum Gasteiger partial charge on any atom is 0.257 e. The van der Waals surface area contributed by atoms with E-state index in [0.717, 1.165) is 4.90 Å². The Kier molecular flexibility index (Phi) is 5.48. The zero-order valence-electron chi connectivity index (χ0n) is 14.5. The highest BCUT2D eigenvalue weighted by Crippen LogP contribution is 2.28. The predicted molar refractivity (Wildman–Crippen MR) is 89.8 cm³/mol. The minimum Gasteiger partial charge on any atom is -0.493 e. The number of aromatic nitrogens is 1. The molecule has 1 amide bonds. The smallest absolute Gasteiger partial charge is 0.257 e. The Bertz CT molecular complexity index is 828. The molecule has 0 unspecified atom stereocenters. The zero-order chi connectivity index (χ0) is 19.6. The minimum atomic E-state index is -1.70. The molecule has 9 heteroatoms. The van der Waals surface area contributed by atoms with Crippen LogP contribution < -0.4 is 9.64 Å². The number of amides is 1. The van der Waals surface area contributed by atoms with E-state index in [9.17, 15) is 22.4 Å². The second kappa shape index (κ2) is 7.81. The van der Waals surface area contributed by atoms with Gasteiger partial charge < -0.3 is 14.5 Å². The van der Waals surface area contributed by atoms with Crippen LogP contribution in [0, 0.1) is 23.5 Å². The van der Waals surface area contributed by atoms with E-state index in [1.807, 2.05) is 0 Å². The normalized spacial score (nSPS) is 14.4. The standard InChI is InChI=1S/C18H17F4N3O2/c1-2-27-12-6-4-3-5-11(12)18(26)25-9-7-24(8-10-25)15-13(19)16(21)23-17(22)14(15)20/h3-6H,2,7-10H2,1H3. The van der Waals surface area contributed by atoms with Crippen molar-refractivity contribution in [2.75, 3.05) is 37.7 Å². The van der Waals surface area contributed by atoms with Crippen molar-refractivity contribution in [1.29, 1.82) is 0 Å². The van der Waals surface area contributed by atoms with Crippen LogP contribution in [0.4, 0.5) is 23.2 Å². The van der Waals surface area contributed by atoms with Gasteiger partial charge in [-0.1, -0.05) is 12.1 Å². The molecule has 0 bridgehead atoms. The summed E-state index contributed by atoms with van der Waals surface area (Å²) >= 11 is 0. The summed E-state index contributed by atoms with van der Waals surface area (Å²) in [6.45, 7) is 2.48. The van der Waals surface area contributed by atoms with Gasteiger partial charge in [0.05, 0.1) is 12.2 Å². The van der Waals surface area contributed by atoms with Gasteiger partial charge in [-0.15, -0.1) is 0 Å². The Balaban J connectivity index is 1.76. The first-order valence-corrected chi connectivity index (χ1v) is 8.40. The Morgan fingerprint density at radius 1 is 1.04 bits per heavy atom. The van der Waals surface area contributed by atoms with Crippen LogP contribution in [0.2, 0.25) is 0 Å². The molecule has 3 rings (SSSR count). The third-order valence-corrected chi connectivity index (χ3v) is 4.27. The molecule has 1 aliphatic heterocycles. The first-order chi connectivity index (χ1) is 12.9. The summed E-state index contributed by atoms with van der Waals surface area (Å²) in [6, 6.07) is 6.77. The van der Waals surface area contributed by atoms with E-state index in [4.69, 9.17) is 4.74 Å². The molecular formula is C18H17F4N3O2. The van der Waals surface area contributed by atoms with Gasteiger partial charge in [0.25, 0.3) is 17.8 Å². The number of anilines is 1. The van der Waals surface area contributed by atoms with Crippen LogP contribution in [0.5, 0.6) is 5.75 Å². The molecule has 2 heterocycles. The average Bonchev–Trinajstić information content (AvgIpc) is 2.67. The SMILES string of the molecule is CCOc1ccccc1C(=O)N1CCN(c2c(F)c(F)nc(F)c2F)CC1. The van der Waals surface area contributed by atoms with E-state index in [0.29, 0.717) is 17.9 Å². The lowest BCUT2D eigenvalue weighted by atomic mass is 10.1. The highest BCUT2D eigenvalue weighted by molar-refractivity contribution is 5.97. The molecule has 0 spiro atoms. The van der Waals surface area contributed by atoms with Crippen molar-refractivity contribution in [3.8, 4) is 5.75 Å². The Morgan fingerprint density at radius 2 is 1.63 bits per heavy atom. The number of benzene rings is 1. The second-order valence-electron chi connectivity index (χ2n) is 5.88. The lowest BCUT2D eigenvalue weighted by Crippen LogP contribution is -2.49. The monoisotopic (exact) mass is 383 g/mol. The maximum atomic E-state index is 13.9. The topological polar surface area (TPSA) is 45.7 Å². The molecule has 2 aromatic rings. The second-order valence-corrected chi connectivity index (χ2v) is 5.88. The van der Waals surface area contributed by atoms with E-state index in [1.165, 1.54) is 4.90 Å². The fourth-order valence-corrected chi connectivity index (χ4v) is 2.98. The lowest BCUT2D eigenvalue weighted by molar-refractivity contribution is 0.0742. The van der Waals surface area contributed by atoms with Gasteiger partial charge in [0.1, 0.15) is 11.4 Å². The van der Waals surface area contributed by atoms with Crippen LogP contribution in [0.1, 0.15) is 17.3 Å². The molecule has 0 N–H and O–H groups in total. The molecule has 1 aliphatic rings. The van der Waals surface area contributed by atoms with E-state index >= 15 is 0 Å². The third-order valence-electron chi connectivity index (χ3n) is 4.27. The number of hydrogen-bond donors (Lipinski definition) is 0. The maximum absolute atomic E-state index is 13.9. The van der Waals surface area contributed by atoms with Gasteiger partial charge in [0, 0.05) is 26.2 Å². The van der Waals surface area contributed by atoms with Crippen LogP contribution in [0.15, 0.2) is 24.3 Å². The molecule has 0 atom stereocenters. The number of para-hydroxylation sites is 1. The largest absolute Gasteiger partial charge is 0.493 e. The number of ether oxygens (including phenoxy) is 1. The van der Waals surface area contributed by atoms with Crippen molar-refractivity contribution in [2.24, 2.45) is 0 Å². The minimum absolute atomic E-state index is 0.0132. The molecule has 1 aromatic heterocycles. The first-order valence-electron chi connectivity index (χ1n) is 8.40. The van der Waals surface area contributed by atoms with Crippen LogP contribution in [0.25, 0.3) is 0 Å². The number of piperazine rings is 1. The fourth-order valence-electron chi connectivity index (χ4n) is 2.98. The van der Waals surface area contributed by atoms with E-state index < -0.39 is 29.2 Å². The van der Waals surface area contributed by atoms with Gasteiger partial charge in [-0.3, -0.25) is 4.79 Å². The number of carbonyl (C=O) groups excluding carboxylic acids is 1. The van der Waals surface area contributed by atoms with Gasteiger partial charge in [-0.25, -0.2) is 0 Å². The van der Waals surface area contributed by atoms with Crippen molar-refractivity contribution < 1.29 is 27.1 Å². The summed E-state index contributed by atoms with van der Waals surface area (Å²) in [5.41, 5.74) is -0.423. The van der Waals surface area contributed by atoms with Crippen LogP contribution in [0.3, 0.4) is 0 Å². The summed E-state index contributed by atoms with van der Waals surface area (Å²) in [4.78, 5) is 17.9. The molecule has 1 saturated heterocycles. The Labute approximate surface area is 153 Å². The molecule has 0 radical (unpaired) electrons. The predicted octanol–water partition coefficient (Wildman–Crippen LogP) is 3.00. The number of nitrogens with zero attached hydrogens (tertiary/aromatic N) is 3. The fraction of sp³-hybridized carbons (Fsp3) is 0.333. The number of carbonyl (C=O) groups is 1. The molecule has 0 saturated carbocycles. The van der Waals surface area contributed by atoms with E-state index in [-0.39, 0.29) is 32.1 Å². The number of pyridine rings is 1. The van der Waals surface area contributed by atoms with Crippen molar-refractivity contribution in [1.82, 2.24) is 9.88 Å². The van der Waals surface area contributed by atoms with Crippen LogP contribution in [-0.4, -0.2) is 48.6 Å². The molecule has 27 heavy (non-hydrogen) atoms. The summed E-state index contributed by atoms with van der Waals surface area (Å²) in [5, 5.41) is 0. The first kappa shape index (κ1) is 18.9. The summed E-state index contributed by atoms with van der Waals surface area (Å²) in [7, 11) is 0. The van der Waals surface area contributed by atoms with E-state index in [2.05, 4.69) is 4.98 Å². The molecule has 1 aromatic carbocycles. The summed E-state index contributed by atoms with van der Waals surface area (Å²) in [6.07, 6.45) is 0. The molecule has 5 nitrogen and oxygen atoms in total. The number of rotatable bonds is 4. The summed E-state index contributed by atoms with van der Waals surface area (Å²) in [5.74, 6) is -6.33. The molecule has 144 valence electrons. The van der Waals surface area contributed by atoms with Crippen molar-refractivity contribution in [3.63, 3.8) is 0 Å². The highest BCUT2D eigenvalue weighted by atomic mass is 19.2. The quantitative estimate of drug-likeness (QED) is 0.602. The zero-order valence-corrected chi connectivity index (χ0v) is 14.5. The molecule has 1 fully saturated rings. The van der Waals surface area contributed by atoms with Gasteiger partial charge >= 0.3 is 0 Å². The number of halogens is 4. The van der Waals surface area contributed by atoms with E-state index in [1.54, 1.807) is 31.2 Å². The van der Waals surface area contributed by atoms with Gasteiger partial charge in [-0.2, -0.15) is 22.5 Å².